The fourth-order valence-corrected chi connectivity index (χ4v) is 2.49. The monoisotopic (exact) mass is 357 g/mol. The van der Waals surface area contributed by atoms with Crippen molar-refractivity contribution >= 4 is 5.97 Å². The van der Waals surface area contributed by atoms with Crippen LogP contribution in [0.2, 0.25) is 0 Å². The van der Waals surface area contributed by atoms with Gasteiger partial charge in [-0.25, -0.2) is 0 Å². The molecule has 0 aromatic heterocycles. The Morgan fingerprint density at radius 2 is 1.81 bits per heavy atom. The van der Waals surface area contributed by atoms with Crippen LogP contribution in [0.15, 0.2) is 54.6 Å². The first-order valence-corrected chi connectivity index (χ1v) is 8.83. The lowest BCUT2D eigenvalue weighted by atomic mass is 10.1. The first-order chi connectivity index (χ1) is 12.6. The Morgan fingerprint density at radius 3 is 2.46 bits per heavy atom. The second-order valence-corrected chi connectivity index (χ2v) is 6.27. The largest absolute Gasteiger partial charge is 0.492 e. The van der Waals surface area contributed by atoms with Crippen LogP contribution in [0.1, 0.15) is 30.6 Å². The number of nitrogens with one attached hydrogen (secondary N) is 1. The maximum atomic E-state index is 11.2. The highest BCUT2D eigenvalue weighted by Crippen LogP contribution is 2.14. The molecule has 5 heteroatoms. The van der Waals surface area contributed by atoms with E-state index in [0.29, 0.717) is 26.0 Å². The molecule has 2 unspecified atom stereocenters. The van der Waals surface area contributed by atoms with E-state index in [4.69, 9.17) is 4.74 Å². The molecule has 2 rings (SSSR count). The smallest absolute Gasteiger partial charge is 0.305 e. The number of carbonyl (C=O) groups excluding carboxylic acids is 1. The van der Waals surface area contributed by atoms with Gasteiger partial charge in [0, 0.05) is 19.0 Å². The maximum absolute atomic E-state index is 11.2. The summed E-state index contributed by atoms with van der Waals surface area (Å²) in [5.41, 5.74) is 1.97. The van der Waals surface area contributed by atoms with Gasteiger partial charge in [0.05, 0.1) is 13.2 Å². The number of aliphatic hydroxyl groups is 1. The maximum Gasteiger partial charge on any atom is 0.305 e. The molecule has 0 spiro atoms. The number of rotatable bonds is 10. The van der Waals surface area contributed by atoms with Crippen molar-refractivity contribution in [3.63, 3.8) is 0 Å². The van der Waals surface area contributed by atoms with Gasteiger partial charge in [-0.1, -0.05) is 42.5 Å². The molecular formula is C21H27NO4. The van der Waals surface area contributed by atoms with Crippen molar-refractivity contribution in [1.82, 2.24) is 5.32 Å². The number of methoxy groups -OCH3 is 1. The van der Waals surface area contributed by atoms with Crippen LogP contribution in [0.25, 0.3) is 0 Å². The third kappa shape index (κ3) is 6.86. The minimum absolute atomic E-state index is 0.104. The first-order valence-electron chi connectivity index (χ1n) is 8.83. The fourth-order valence-electron chi connectivity index (χ4n) is 2.49. The zero-order chi connectivity index (χ0) is 18.8. The van der Waals surface area contributed by atoms with E-state index in [2.05, 4.69) is 10.1 Å². The number of hydrogen-bond donors (Lipinski definition) is 2. The number of benzene rings is 2. The summed E-state index contributed by atoms with van der Waals surface area (Å²) in [6.07, 6.45) is 0.497. The highest BCUT2D eigenvalue weighted by Gasteiger charge is 2.09. The van der Waals surface area contributed by atoms with Crippen LogP contribution in [-0.2, 0) is 16.0 Å². The number of esters is 1. The molecule has 0 saturated carbocycles. The Morgan fingerprint density at radius 1 is 1.12 bits per heavy atom. The highest BCUT2D eigenvalue weighted by molar-refractivity contribution is 5.69. The van der Waals surface area contributed by atoms with Crippen LogP contribution >= 0.6 is 0 Å². The summed E-state index contributed by atoms with van der Waals surface area (Å²) in [7, 11) is 1.40. The van der Waals surface area contributed by atoms with Gasteiger partial charge in [-0.15, -0.1) is 0 Å². The van der Waals surface area contributed by atoms with E-state index in [1.54, 1.807) is 0 Å². The lowest BCUT2D eigenvalue weighted by Gasteiger charge is -2.18. The lowest BCUT2D eigenvalue weighted by molar-refractivity contribution is -0.140. The molecule has 5 nitrogen and oxygen atoms in total. The van der Waals surface area contributed by atoms with Gasteiger partial charge in [-0.2, -0.15) is 0 Å². The van der Waals surface area contributed by atoms with E-state index in [-0.39, 0.29) is 12.0 Å². The normalized spacial score (nSPS) is 13.0. The van der Waals surface area contributed by atoms with E-state index in [9.17, 15) is 9.90 Å². The number of aliphatic hydroxyl groups excluding tert-OH is 1. The van der Waals surface area contributed by atoms with Crippen molar-refractivity contribution in [3.05, 3.63) is 65.7 Å². The van der Waals surface area contributed by atoms with Crippen molar-refractivity contribution in [2.24, 2.45) is 0 Å². The summed E-state index contributed by atoms with van der Waals surface area (Å²) < 4.78 is 10.4. The van der Waals surface area contributed by atoms with Gasteiger partial charge >= 0.3 is 5.97 Å². The van der Waals surface area contributed by atoms with Crippen molar-refractivity contribution in [1.29, 1.82) is 0 Å². The van der Waals surface area contributed by atoms with Crippen LogP contribution in [0.4, 0.5) is 0 Å². The molecule has 0 aliphatic heterocycles. The quantitative estimate of drug-likeness (QED) is 0.640. The second kappa shape index (κ2) is 10.6. The molecule has 0 radical (unpaired) electrons. The predicted octanol–water partition coefficient (Wildman–Crippen LogP) is 2.88. The van der Waals surface area contributed by atoms with Gasteiger partial charge in [0.1, 0.15) is 12.4 Å². The van der Waals surface area contributed by atoms with E-state index in [1.807, 2.05) is 61.5 Å². The Hall–Kier alpha value is -2.37. The fraction of sp³-hybridized carbons (Fsp3) is 0.381. The van der Waals surface area contributed by atoms with E-state index in [0.717, 1.165) is 16.9 Å². The molecule has 26 heavy (non-hydrogen) atoms. The van der Waals surface area contributed by atoms with Gasteiger partial charge in [0.15, 0.2) is 0 Å². The molecule has 0 fully saturated rings. The molecule has 0 saturated heterocycles. The molecule has 0 amide bonds. The van der Waals surface area contributed by atoms with E-state index >= 15 is 0 Å². The van der Waals surface area contributed by atoms with Crippen molar-refractivity contribution in [3.8, 4) is 5.75 Å². The minimum Gasteiger partial charge on any atom is -0.492 e. The lowest BCUT2D eigenvalue weighted by Crippen LogP contribution is -2.34. The van der Waals surface area contributed by atoms with E-state index < -0.39 is 6.10 Å². The first kappa shape index (κ1) is 19.9. The number of ether oxygens (including phenoxy) is 2. The van der Waals surface area contributed by atoms with Gasteiger partial charge in [0.2, 0.25) is 0 Å². The summed E-state index contributed by atoms with van der Waals surface area (Å²) in [4.78, 5) is 11.2. The molecule has 0 heterocycles. The SMILES string of the molecule is COC(=O)CCc1ccc(OCC(C)NCC(O)c2ccccc2)cc1. The van der Waals surface area contributed by atoms with Crippen molar-refractivity contribution in [2.75, 3.05) is 20.3 Å². The summed E-state index contributed by atoms with van der Waals surface area (Å²) >= 11 is 0. The standard InChI is InChI=1S/C21H27NO4/c1-16(22-14-20(23)18-6-4-3-5-7-18)15-26-19-11-8-17(9-12-19)10-13-21(24)25-2/h3-9,11-12,16,20,22-23H,10,13-15H2,1-2H3. The van der Waals surface area contributed by atoms with Crippen LogP contribution in [-0.4, -0.2) is 37.4 Å². The van der Waals surface area contributed by atoms with Crippen molar-refractivity contribution < 1.29 is 19.4 Å². The third-order valence-electron chi connectivity index (χ3n) is 4.11. The third-order valence-corrected chi connectivity index (χ3v) is 4.11. The Kier molecular flexibility index (Phi) is 8.12. The van der Waals surface area contributed by atoms with E-state index in [1.165, 1.54) is 7.11 Å². The number of hydrogen-bond acceptors (Lipinski definition) is 5. The Bertz CT molecular complexity index is 657. The molecule has 140 valence electrons. The summed E-state index contributed by atoms with van der Waals surface area (Å²) in [6.45, 7) is 2.99. The van der Waals surface area contributed by atoms with Gasteiger partial charge < -0.3 is 19.9 Å². The molecule has 2 N–H and O–H groups in total. The summed E-state index contributed by atoms with van der Waals surface area (Å²) in [5.74, 6) is 0.576. The second-order valence-electron chi connectivity index (χ2n) is 6.27. The number of carbonyl (C=O) groups is 1. The van der Waals surface area contributed by atoms with Gasteiger partial charge in [-0.05, 0) is 36.6 Å². The molecule has 0 aliphatic rings. The Labute approximate surface area is 155 Å². The average Bonchev–Trinajstić information content (AvgIpc) is 2.70. The summed E-state index contributed by atoms with van der Waals surface area (Å²) in [6, 6.07) is 17.4. The van der Waals surface area contributed by atoms with Gasteiger partial charge in [-0.3, -0.25) is 4.79 Å². The van der Waals surface area contributed by atoms with Crippen LogP contribution < -0.4 is 10.1 Å². The molecule has 0 aliphatic carbocycles. The topological polar surface area (TPSA) is 67.8 Å². The number of aryl methyl sites for hydroxylation is 1. The van der Waals surface area contributed by atoms with Crippen LogP contribution in [0.5, 0.6) is 5.75 Å². The minimum atomic E-state index is -0.534. The van der Waals surface area contributed by atoms with Gasteiger partial charge in [0.25, 0.3) is 0 Å². The molecular weight excluding hydrogens is 330 g/mol. The average molecular weight is 357 g/mol. The van der Waals surface area contributed by atoms with Crippen LogP contribution in [0.3, 0.4) is 0 Å². The molecule has 0 bridgehead atoms. The summed E-state index contributed by atoms with van der Waals surface area (Å²) in [5, 5.41) is 13.4. The molecule has 2 aromatic rings. The zero-order valence-corrected chi connectivity index (χ0v) is 15.4. The molecule has 2 aromatic carbocycles. The Balaban J connectivity index is 1.70. The zero-order valence-electron chi connectivity index (χ0n) is 15.4. The van der Waals surface area contributed by atoms with Crippen molar-refractivity contribution in [2.45, 2.75) is 31.9 Å². The molecule has 2 atom stereocenters. The predicted molar refractivity (Wildman–Crippen MR) is 101 cm³/mol. The van der Waals surface area contributed by atoms with Crippen LogP contribution in [0, 0.1) is 0 Å². The highest BCUT2D eigenvalue weighted by atomic mass is 16.5.